The summed E-state index contributed by atoms with van der Waals surface area (Å²) < 4.78 is 0. The van der Waals surface area contributed by atoms with Crippen LogP contribution in [-0.4, -0.2) is 30.4 Å². The number of hydrogen-bond donors (Lipinski definition) is 0. The predicted molar refractivity (Wildman–Crippen MR) is 178 cm³/mol. The van der Waals surface area contributed by atoms with E-state index in [1.807, 2.05) is 0 Å². The van der Waals surface area contributed by atoms with Crippen LogP contribution in [-0.2, 0) is 0 Å². The molecule has 232 valence electrons. The SMILES string of the molecule is CCCCCCCCCCCCCCCCCC1=NCCN1CCCCCCCCCCCCCCCCC. The van der Waals surface area contributed by atoms with Gasteiger partial charge in [-0.05, 0) is 12.8 Å². The molecule has 0 saturated carbocycles. The molecule has 1 rings (SSSR count). The zero-order chi connectivity index (χ0) is 27.9. The molecule has 1 heterocycles. The lowest BCUT2D eigenvalue weighted by molar-refractivity contribution is 0.421. The third-order valence-corrected chi connectivity index (χ3v) is 9.06. The van der Waals surface area contributed by atoms with Crippen LogP contribution in [0.2, 0.25) is 0 Å². The molecular weight excluding hydrogens is 472 g/mol. The Bertz CT molecular complexity index is 500. The van der Waals surface area contributed by atoms with Crippen molar-refractivity contribution < 1.29 is 0 Å². The first-order chi connectivity index (χ1) is 19.4. The van der Waals surface area contributed by atoms with Gasteiger partial charge in [0.2, 0.25) is 0 Å². The van der Waals surface area contributed by atoms with Crippen molar-refractivity contribution in [1.82, 2.24) is 4.90 Å². The minimum absolute atomic E-state index is 1.05. The molecule has 1 aliphatic heterocycles. The number of amidine groups is 1. The van der Waals surface area contributed by atoms with Gasteiger partial charge >= 0.3 is 0 Å². The summed E-state index contributed by atoms with van der Waals surface area (Å²) in [7, 11) is 0. The largest absolute Gasteiger partial charge is 0.359 e. The van der Waals surface area contributed by atoms with E-state index in [1.54, 1.807) is 0 Å². The first-order valence-electron chi connectivity index (χ1n) is 18.7. The molecule has 0 saturated heterocycles. The lowest BCUT2D eigenvalue weighted by Crippen LogP contribution is -2.28. The first-order valence-corrected chi connectivity index (χ1v) is 18.7. The van der Waals surface area contributed by atoms with Gasteiger partial charge in [-0.15, -0.1) is 0 Å². The van der Waals surface area contributed by atoms with Crippen LogP contribution in [0.5, 0.6) is 0 Å². The van der Waals surface area contributed by atoms with E-state index in [1.165, 1.54) is 218 Å². The van der Waals surface area contributed by atoms with Crippen molar-refractivity contribution in [2.45, 2.75) is 213 Å². The average Bonchev–Trinajstić information content (AvgIpc) is 3.40. The van der Waals surface area contributed by atoms with E-state index in [2.05, 4.69) is 18.7 Å². The van der Waals surface area contributed by atoms with E-state index >= 15 is 0 Å². The molecule has 0 amide bonds. The van der Waals surface area contributed by atoms with Gasteiger partial charge in [0.1, 0.15) is 0 Å². The molecule has 39 heavy (non-hydrogen) atoms. The van der Waals surface area contributed by atoms with Crippen LogP contribution in [0.25, 0.3) is 0 Å². The number of unbranched alkanes of at least 4 members (excludes halogenated alkanes) is 28. The Hall–Kier alpha value is -0.530. The van der Waals surface area contributed by atoms with E-state index in [0.717, 1.165) is 6.54 Å². The Morgan fingerprint density at radius 3 is 1.08 bits per heavy atom. The third kappa shape index (κ3) is 24.9. The maximum Gasteiger partial charge on any atom is 0.0990 e. The molecule has 0 spiro atoms. The van der Waals surface area contributed by atoms with Crippen molar-refractivity contribution in [3.63, 3.8) is 0 Å². The summed E-state index contributed by atoms with van der Waals surface area (Å²) in [6, 6.07) is 0. The van der Waals surface area contributed by atoms with Gasteiger partial charge in [0, 0.05) is 19.5 Å². The molecule has 2 nitrogen and oxygen atoms in total. The highest BCUT2D eigenvalue weighted by Gasteiger charge is 2.15. The molecule has 0 aliphatic carbocycles. The fraction of sp³-hybridized carbons (Fsp3) is 0.973. The summed E-state index contributed by atoms with van der Waals surface area (Å²) in [5.74, 6) is 1.44. The van der Waals surface area contributed by atoms with Crippen LogP contribution in [0.1, 0.15) is 213 Å². The molecule has 0 radical (unpaired) electrons. The van der Waals surface area contributed by atoms with E-state index < -0.39 is 0 Å². The minimum atomic E-state index is 1.05. The Labute approximate surface area is 248 Å². The second kappa shape index (κ2) is 30.4. The van der Waals surface area contributed by atoms with E-state index in [0.29, 0.717) is 0 Å². The van der Waals surface area contributed by atoms with Crippen molar-refractivity contribution in [2.24, 2.45) is 4.99 Å². The molecule has 0 bridgehead atoms. The standard InChI is InChI=1S/C37H74N2/c1-3-5-7-9-11-13-15-17-19-21-23-25-27-29-31-33-37-38-34-36-39(37)35-32-30-28-26-24-22-20-18-16-14-12-10-8-6-4-2/h3-36H2,1-2H3. The molecule has 0 aromatic heterocycles. The van der Waals surface area contributed by atoms with E-state index in [9.17, 15) is 0 Å². The Morgan fingerprint density at radius 2 is 0.718 bits per heavy atom. The summed E-state index contributed by atoms with van der Waals surface area (Å²) in [6.45, 7) is 8.11. The highest BCUT2D eigenvalue weighted by atomic mass is 15.2. The molecule has 0 N–H and O–H groups in total. The lowest BCUT2D eigenvalue weighted by atomic mass is 10.0. The lowest BCUT2D eigenvalue weighted by Gasteiger charge is -2.20. The first kappa shape index (κ1) is 36.5. The maximum absolute atomic E-state index is 4.85. The summed E-state index contributed by atoms with van der Waals surface area (Å²) in [5.41, 5.74) is 0. The fourth-order valence-electron chi connectivity index (χ4n) is 6.34. The molecule has 0 atom stereocenters. The third-order valence-electron chi connectivity index (χ3n) is 9.06. The Kier molecular flexibility index (Phi) is 28.5. The zero-order valence-corrected chi connectivity index (χ0v) is 27.4. The molecule has 1 aliphatic rings. The summed E-state index contributed by atoms with van der Waals surface area (Å²) in [6.07, 6.45) is 44.7. The van der Waals surface area contributed by atoms with Crippen molar-refractivity contribution in [1.29, 1.82) is 0 Å². The maximum atomic E-state index is 4.85. The quantitative estimate of drug-likeness (QED) is 0.0766. The molecule has 0 fully saturated rings. The van der Waals surface area contributed by atoms with E-state index in [-0.39, 0.29) is 0 Å². The number of aliphatic imine (C=N–C) groups is 1. The van der Waals surface area contributed by atoms with Crippen molar-refractivity contribution in [2.75, 3.05) is 19.6 Å². The smallest absolute Gasteiger partial charge is 0.0990 e. The van der Waals surface area contributed by atoms with Gasteiger partial charge in [-0.2, -0.15) is 0 Å². The van der Waals surface area contributed by atoms with Crippen molar-refractivity contribution in [3.05, 3.63) is 0 Å². The van der Waals surface area contributed by atoms with Gasteiger partial charge in [-0.25, -0.2) is 0 Å². The number of rotatable bonds is 32. The summed E-state index contributed by atoms with van der Waals surface area (Å²) >= 11 is 0. The molecule has 2 heteroatoms. The minimum Gasteiger partial charge on any atom is -0.359 e. The fourth-order valence-corrected chi connectivity index (χ4v) is 6.34. The van der Waals surface area contributed by atoms with Gasteiger partial charge < -0.3 is 4.90 Å². The van der Waals surface area contributed by atoms with Crippen LogP contribution in [0.15, 0.2) is 4.99 Å². The number of nitrogens with zero attached hydrogens (tertiary/aromatic N) is 2. The van der Waals surface area contributed by atoms with Gasteiger partial charge in [0.05, 0.1) is 12.4 Å². The second-order valence-electron chi connectivity index (χ2n) is 12.9. The van der Waals surface area contributed by atoms with Gasteiger partial charge in [-0.1, -0.05) is 194 Å². The Morgan fingerprint density at radius 1 is 0.410 bits per heavy atom. The summed E-state index contributed by atoms with van der Waals surface area (Å²) in [5, 5.41) is 0. The van der Waals surface area contributed by atoms with Gasteiger partial charge in [0.15, 0.2) is 0 Å². The zero-order valence-electron chi connectivity index (χ0n) is 27.4. The van der Waals surface area contributed by atoms with Crippen LogP contribution in [0.3, 0.4) is 0 Å². The highest BCUT2D eigenvalue weighted by Crippen LogP contribution is 2.17. The van der Waals surface area contributed by atoms with E-state index in [4.69, 9.17) is 4.99 Å². The predicted octanol–water partition coefficient (Wildman–Crippen LogP) is 12.8. The van der Waals surface area contributed by atoms with Crippen molar-refractivity contribution >= 4 is 5.84 Å². The topological polar surface area (TPSA) is 15.6 Å². The molecular formula is C37H74N2. The Balaban J connectivity index is 1.80. The average molecular weight is 547 g/mol. The van der Waals surface area contributed by atoms with Crippen LogP contribution in [0, 0.1) is 0 Å². The van der Waals surface area contributed by atoms with Crippen LogP contribution >= 0.6 is 0 Å². The van der Waals surface area contributed by atoms with Gasteiger partial charge in [-0.3, -0.25) is 4.99 Å². The molecule has 0 unspecified atom stereocenters. The molecule has 0 aromatic carbocycles. The molecule has 0 aromatic rings. The normalized spacial score (nSPS) is 13.5. The summed E-state index contributed by atoms with van der Waals surface area (Å²) in [4.78, 5) is 7.47. The highest BCUT2D eigenvalue weighted by molar-refractivity contribution is 5.83. The monoisotopic (exact) mass is 547 g/mol. The van der Waals surface area contributed by atoms with Gasteiger partial charge in [0.25, 0.3) is 0 Å². The van der Waals surface area contributed by atoms with Crippen LogP contribution < -0.4 is 0 Å². The second-order valence-corrected chi connectivity index (χ2v) is 12.9. The number of hydrogen-bond acceptors (Lipinski definition) is 2. The van der Waals surface area contributed by atoms with Crippen molar-refractivity contribution in [3.8, 4) is 0 Å². The van der Waals surface area contributed by atoms with Crippen LogP contribution in [0.4, 0.5) is 0 Å².